The van der Waals surface area contributed by atoms with E-state index in [1.165, 1.54) is 17.3 Å². The largest absolute Gasteiger partial charge is 0.378 e. The summed E-state index contributed by atoms with van der Waals surface area (Å²) in [6, 6.07) is 15.5. The molecule has 21 heavy (non-hydrogen) atoms. The van der Waals surface area contributed by atoms with Crippen LogP contribution in [0.5, 0.6) is 0 Å². The van der Waals surface area contributed by atoms with Crippen LogP contribution in [0.2, 0.25) is 0 Å². The Hall–Kier alpha value is -1.87. The molecule has 2 aromatic rings. The van der Waals surface area contributed by atoms with Gasteiger partial charge in [-0.15, -0.1) is 0 Å². The molecule has 3 heteroatoms. The molecule has 0 fully saturated rings. The summed E-state index contributed by atoms with van der Waals surface area (Å²) in [4.78, 5) is 2.07. The highest BCUT2D eigenvalue weighted by Gasteiger charge is 2.13. The first-order valence-corrected chi connectivity index (χ1v) is 7.36. The zero-order chi connectivity index (χ0) is 15.2. The van der Waals surface area contributed by atoms with Crippen molar-refractivity contribution in [2.75, 3.05) is 25.5 Å². The molecule has 1 unspecified atom stereocenters. The van der Waals surface area contributed by atoms with Crippen molar-refractivity contribution in [3.8, 4) is 0 Å². The molecule has 0 saturated carbocycles. The topological polar surface area (TPSA) is 15.3 Å². The third-order valence-electron chi connectivity index (χ3n) is 3.64. The SMILES string of the molecule is CCNC(Cc1ccccc1F)c1ccc(N(C)C)cc1. The Morgan fingerprint density at radius 2 is 1.71 bits per heavy atom. The summed E-state index contributed by atoms with van der Waals surface area (Å²) >= 11 is 0. The van der Waals surface area contributed by atoms with Crippen LogP contribution in [-0.4, -0.2) is 20.6 Å². The Balaban J connectivity index is 2.20. The Morgan fingerprint density at radius 3 is 2.29 bits per heavy atom. The molecule has 2 aromatic carbocycles. The number of halogens is 1. The molecule has 0 aliphatic carbocycles. The van der Waals surface area contributed by atoms with E-state index in [1.807, 2.05) is 26.2 Å². The standard InChI is InChI=1S/C18H23FN2/c1-4-20-18(13-15-7-5-6-8-17(15)19)14-9-11-16(12-10-14)21(2)3/h5-12,18,20H,4,13H2,1-3H3. The van der Waals surface area contributed by atoms with Crippen molar-refractivity contribution in [1.29, 1.82) is 0 Å². The third kappa shape index (κ3) is 4.05. The first-order valence-electron chi connectivity index (χ1n) is 7.36. The van der Waals surface area contributed by atoms with Gasteiger partial charge in [0.05, 0.1) is 0 Å². The van der Waals surface area contributed by atoms with E-state index in [9.17, 15) is 4.39 Å². The Morgan fingerprint density at radius 1 is 1.05 bits per heavy atom. The molecule has 0 amide bonds. The minimum Gasteiger partial charge on any atom is -0.378 e. The highest BCUT2D eigenvalue weighted by molar-refractivity contribution is 5.46. The van der Waals surface area contributed by atoms with Gasteiger partial charge in [-0.2, -0.15) is 0 Å². The fourth-order valence-electron chi connectivity index (χ4n) is 2.44. The number of likely N-dealkylation sites (N-methyl/N-ethyl adjacent to an activating group) is 1. The predicted octanol–water partition coefficient (Wildman–Crippen LogP) is 3.79. The van der Waals surface area contributed by atoms with Gasteiger partial charge in [-0.1, -0.05) is 37.3 Å². The molecule has 1 N–H and O–H groups in total. The Labute approximate surface area is 126 Å². The van der Waals surface area contributed by atoms with Crippen molar-refractivity contribution in [3.05, 3.63) is 65.5 Å². The van der Waals surface area contributed by atoms with Crippen molar-refractivity contribution < 1.29 is 4.39 Å². The van der Waals surface area contributed by atoms with Gasteiger partial charge in [0.15, 0.2) is 0 Å². The van der Waals surface area contributed by atoms with Crippen molar-refractivity contribution >= 4 is 5.69 Å². The first kappa shape index (κ1) is 15.5. The second kappa shape index (κ2) is 7.23. The quantitative estimate of drug-likeness (QED) is 0.869. The van der Waals surface area contributed by atoms with Crippen molar-refractivity contribution in [2.24, 2.45) is 0 Å². The van der Waals surface area contributed by atoms with E-state index in [0.717, 1.165) is 12.1 Å². The number of nitrogens with zero attached hydrogens (tertiary/aromatic N) is 1. The molecule has 0 aliphatic heterocycles. The third-order valence-corrected chi connectivity index (χ3v) is 3.64. The Kier molecular flexibility index (Phi) is 5.34. The molecule has 0 bridgehead atoms. The maximum Gasteiger partial charge on any atom is 0.126 e. The number of rotatable bonds is 6. The maximum absolute atomic E-state index is 13.8. The van der Waals surface area contributed by atoms with Gasteiger partial charge in [-0.3, -0.25) is 0 Å². The lowest BCUT2D eigenvalue weighted by atomic mass is 9.98. The lowest BCUT2D eigenvalue weighted by molar-refractivity contribution is 0.528. The van der Waals surface area contributed by atoms with Crippen molar-refractivity contribution in [3.63, 3.8) is 0 Å². The molecule has 0 saturated heterocycles. The number of anilines is 1. The maximum atomic E-state index is 13.8. The van der Waals surface area contributed by atoms with Crippen LogP contribution >= 0.6 is 0 Å². The van der Waals surface area contributed by atoms with E-state index in [0.29, 0.717) is 6.42 Å². The minimum absolute atomic E-state index is 0.128. The van der Waals surface area contributed by atoms with Crippen LogP contribution in [0.3, 0.4) is 0 Å². The van der Waals surface area contributed by atoms with Crippen LogP contribution in [0.25, 0.3) is 0 Å². The molecule has 0 heterocycles. The summed E-state index contributed by atoms with van der Waals surface area (Å²) in [7, 11) is 4.05. The summed E-state index contributed by atoms with van der Waals surface area (Å²) in [5, 5.41) is 3.44. The van der Waals surface area contributed by atoms with Gasteiger partial charge in [0.1, 0.15) is 5.82 Å². The molecule has 2 rings (SSSR count). The predicted molar refractivity (Wildman–Crippen MR) is 87.3 cm³/mol. The van der Waals surface area contributed by atoms with E-state index in [1.54, 1.807) is 6.07 Å². The van der Waals surface area contributed by atoms with Gasteiger partial charge in [0.2, 0.25) is 0 Å². The van der Waals surface area contributed by atoms with Crippen LogP contribution in [0.4, 0.5) is 10.1 Å². The molecule has 2 nitrogen and oxygen atoms in total. The summed E-state index contributed by atoms with van der Waals surface area (Å²) in [6.45, 7) is 2.93. The summed E-state index contributed by atoms with van der Waals surface area (Å²) in [5.74, 6) is -0.134. The van der Waals surface area contributed by atoms with Crippen LogP contribution < -0.4 is 10.2 Å². The van der Waals surface area contributed by atoms with E-state index in [-0.39, 0.29) is 11.9 Å². The second-order valence-corrected chi connectivity index (χ2v) is 5.39. The highest BCUT2D eigenvalue weighted by atomic mass is 19.1. The molecular formula is C18H23FN2. The zero-order valence-corrected chi connectivity index (χ0v) is 12.9. The number of benzene rings is 2. The normalized spacial score (nSPS) is 12.2. The zero-order valence-electron chi connectivity index (χ0n) is 12.9. The highest BCUT2D eigenvalue weighted by Crippen LogP contribution is 2.22. The number of hydrogen-bond acceptors (Lipinski definition) is 2. The van der Waals surface area contributed by atoms with Crippen LogP contribution in [-0.2, 0) is 6.42 Å². The Bertz CT molecular complexity index is 564. The smallest absolute Gasteiger partial charge is 0.126 e. The van der Waals surface area contributed by atoms with E-state index in [4.69, 9.17) is 0 Å². The van der Waals surface area contributed by atoms with Crippen LogP contribution in [0.1, 0.15) is 24.1 Å². The molecular weight excluding hydrogens is 263 g/mol. The van der Waals surface area contributed by atoms with Gasteiger partial charge < -0.3 is 10.2 Å². The van der Waals surface area contributed by atoms with Crippen molar-refractivity contribution in [1.82, 2.24) is 5.32 Å². The summed E-state index contributed by atoms with van der Waals surface area (Å²) < 4.78 is 13.8. The molecule has 0 aliphatic rings. The van der Waals surface area contributed by atoms with Crippen LogP contribution in [0, 0.1) is 5.82 Å². The fourth-order valence-corrected chi connectivity index (χ4v) is 2.44. The van der Waals surface area contributed by atoms with Crippen LogP contribution in [0.15, 0.2) is 48.5 Å². The fraction of sp³-hybridized carbons (Fsp3) is 0.333. The lowest BCUT2D eigenvalue weighted by Crippen LogP contribution is -2.23. The van der Waals surface area contributed by atoms with Gasteiger partial charge in [-0.05, 0) is 42.3 Å². The summed E-state index contributed by atoms with van der Waals surface area (Å²) in [6.07, 6.45) is 0.655. The van der Waals surface area contributed by atoms with Gasteiger partial charge in [0, 0.05) is 25.8 Å². The molecule has 0 spiro atoms. The average molecular weight is 286 g/mol. The first-order chi connectivity index (χ1) is 10.1. The van der Waals surface area contributed by atoms with E-state index < -0.39 is 0 Å². The molecule has 1 atom stereocenters. The van der Waals surface area contributed by atoms with Gasteiger partial charge in [-0.25, -0.2) is 4.39 Å². The monoisotopic (exact) mass is 286 g/mol. The van der Waals surface area contributed by atoms with Crippen molar-refractivity contribution in [2.45, 2.75) is 19.4 Å². The average Bonchev–Trinajstić information content (AvgIpc) is 2.49. The molecule has 112 valence electrons. The lowest BCUT2D eigenvalue weighted by Gasteiger charge is -2.20. The summed E-state index contributed by atoms with van der Waals surface area (Å²) in [5.41, 5.74) is 3.10. The van der Waals surface area contributed by atoms with Gasteiger partial charge in [0.25, 0.3) is 0 Å². The molecule has 0 radical (unpaired) electrons. The van der Waals surface area contributed by atoms with E-state index in [2.05, 4.69) is 41.4 Å². The molecule has 0 aromatic heterocycles. The second-order valence-electron chi connectivity index (χ2n) is 5.39. The van der Waals surface area contributed by atoms with Gasteiger partial charge >= 0.3 is 0 Å². The number of nitrogens with one attached hydrogen (secondary N) is 1. The number of hydrogen-bond donors (Lipinski definition) is 1. The minimum atomic E-state index is -0.134. The van der Waals surface area contributed by atoms with E-state index >= 15 is 0 Å².